The van der Waals surface area contributed by atoms with Gasteiger partial charge in [-0.3, -0.25) is 9.52 Å². The third-order valence-corrected chi connectivity index (χ3v) is 6.41. The highest BCUT2D eigenvalue weighted by Crippen LogP contribution is 2.25. The molecular weight excluding hydrogens is 471 g/mol. The topological polar surface area (TPSA) is 84.5 Å². The predicted molar refractivity (Wildman–Crippen MR) is 128 cm³/mol. The van der Waals surface area contributed by atoms with Gasteiger partial charge >= 0.3 is 0 Å². The van der Waals surface area contributed by atoms with Gasteiger partial charge in [0.25, 0.3) is 15.9 Å². The van der Waals surface area contributed by atoms with Crippen molar-refractivity contribution in [3.63, 3.8) is 0 Å². The third-order valence-electron chi connectivity index (χ3n) is 4.57. The molecule has 0 aliphatic carbocycles. The highest BCUT2D eigenvalue weighted by Gasteiger charge is 2.18. The van der Waals surface area contributed by atoms with E-state index in [9.17, 15) is 13.2 Å². The summed E-state index contributed by atoms with van der Waals surface area (Å²) in [5.41, 5.74) is 1.70. The molecule has 0 heterocycles. The first kappa shape index (κ1) is 23.9. The molecule has 9 heteroatoms. The standard InChI is InChI=1S/C23H22Cl2N2O4S/c1-3-16-6-4-5-7-22(16)31-15(2)23(28)26-19-8-10-21(11-9-19)32(29,30)27-20-13-17(24)12-18(25)14-20/h4-15,27H,3H2,1-2H3,(H,26,28). The first-order valence-electron chi connectivity index (χ1n) is 9.82. The predicted octanol–water partition coefficient (Wildman–Crippen LogP) is 5.76. The number of nitrogens with one attached hydrogen (secondary N) is 2. The van der Waals surface area contributed by atoms with Gasteiger partial charge in [-0.1, -0.05) is 48.3 Å². The largest absolute Gasteiger partial charge is 0.481 e. The summed E-state index contributed by atoms with van der Waals surface area (Å²) in [5.74, 6) is 0.310. The minimum atomic E-state index is -3.86. The molecule has 3 rings (SSSR count). The maximum absolute atomic E-state index is 12.6. The summed E-state index contributed by atoms with van der Waals surface area (Å²) in [4.78, 5) is 12.5. The number of rotatable bonds is 8. The Hall–Kier alpha value is -2.74. The number of ether oxygens (including phenoxy) is 1. The quantitative estimate of drug-likeness (QED) is 0.418. The van der Waals surface area contributed by atoms with E-state index in [0.717, 1.165) is 12.0 Å². The molecule has 1 unspecified atom stereocenters. The van der Waals surface area contributed by atoms with Crippen LogP contribution in [-0.4, -0.2) is 20.4 Å². The van der Waals surface area contributed by atoms with E-state index in [-0.39, 0.29) is 16.5 Å². The van der Waals surface area contributed by atoms with Gasteiger partial charge in [-0.2, -0.15) is 0 Å². The van der Waals surface area contributed by atoms with Crippen LogP contribution in [0.4, 0.5) is 11.4 Å². The van der Waals surface area contributed by atoms with Crippen molar-refractivity contribution < 1.29 is 17.9 Å². The van der Waals surface area contributed by atoms with Crippen molar-refractivity contribution in [3.05, 3.63) is 82.3 Å². The van der Waals surface area contributed by atoms with Crippen molar-refractivity contribution in [2.75, 3.05) is 10.0 Å². The number of hydrogen-bond acceptors (Lipinski definition) is 4. The SMILES string of the molecule is CCc1ccccc1OC(C)C(=O)Nc1ccc(S(=O)(=O)Nc2cc(Cl)cc(Cl)c2)cc1. The molecule has 0 spiro atoms. The monoisotopic (exact) mass is 492 g/mol. The number of halogens is 2. The second kappa shape index (κ2) is 10.3. The lowest BCUT2D eigenvalue weighted by atomic mass is 10.1. The van der Waals surface area contributed by atoms with Crippen molar-refractivity contribution in [2.45, 2.75) is 31.3 Å². The van der Waals surface area contributed by atoms with Crippen molar-refractivity contribution in [1.82, 2.24) is 0 Å². The molecule has 6 nitrogen and oxygen atoms in total. The smallest absolute Gasteiger partial charge is 0.265 e. The Bertz CT molecular complexity index is 1190. The van der Waals surface area contributed by atoms with Crippen molar-refractivity contribution >= 4 is 50.5 Å². The lowest BCUT2D eigenvalue weighted by Gasteiger charge is -2.17. The number of hydrogen-bond donors (Lipinski definition) is 2. The summed E-state index contributed by atoms with van der Waals surface area (Å²) in [6.45, 7) is 3.67. The number of para-hydroxylation sites is 1. The van der Waals surface area contributed by atoms with Gasteiger partial charge in [0.05, 0.1) is 10.6 Å². The maximum atomic E-state index is 12.6. The molecule has 0 saturated carbocycles. The van der Waals surface area contributed by atoms with E-state index in [1.807, 2.05) is 31.2 Å². The van der Waals surface area contributed by atoms with E-state index in [0.29, 0.717) is 21.5 Å². The van der Waals surface area contributed by atoms with Crippen LogP contribution in [0.1, 0.15) is 19.4 Å². The van der Waals surface area contributed by atoms with Crippen molar-refractivity contribution in [3.8, 4) is 5.75 Å². The minimum Gasteiger partial charge on any atom is -0.481 e. The Morgan fingerprint density at radius 3 is 2.22 bits per heavy atom. The van der Waals surface area contributed by atoms with Crippen LogP contribution in [-0.2, 0) is 21.2 Å². The second-order valence-electron chi connectivity index (χ2n) is 7.00. The Balaban J connectivity index is 1.66. The molecule has 1 amide bonds. The molecule has 0 bridgehead atoms. The van der Waals surface area contributed by atoms with E-state index < -0.39 is 16.1 Å². The van der Waals surface area contributed by atoms with Crippen LogP contribution in [0.3, 0.4) is 0 Å². The van der Waals surface area contributed by atoms with Gasteiger partial charge in [-0.15, -0.1) is 0 Å². The summed E-state index contributed by atoms with van der Waals surface area (Å²) in [6, 6.07) is 17.7. The van der Waals surface area contributed by atoms with Gasteiger partial charge < -0.3 is 10.1 Å². The Morgan fingerprint density at radius 2 is 1.59 bits per heavy atom. The van der Waals surface area contributed by atoms with Gasteiger partial charge in [0.1, 0.15) is 5.75 Å². The summed E-state index contributed by atoms with van der Waals surface area (Å²) in [6.07, 6.45) is 0.0518. The lowest BCUT2D eigenvalue weighted by Crippen LogP contribution is -2.30. The zero-order chi connectivity index (χ0) is 23.3. The summed E-state index contributed by atoms with van der Waals surface area (Å²) >= 11 is 11.8. The molecule has 0 saturated heterocycles. The van der Waals surface area contributed by atoms with E-state index in [1.54, 1.807) is 6.92 Å². The van der Waals surface area contributed by atoms with E-state index in [1.165, 1.54) is 42.5 Å². The normalized spacial score (nSPS) is 12.1. The van der Waals surface area contributed by atoms with Gasteiger partial charge in [-0.25, -0.2) is 8.42 Å². The van der Waals surface area contributed by atoms with Crippen LogP contribution >= 0.6 is 23.2 Å². The van der Waals surface area contributed by atoms with Crippen LogP contribution in [0, 0.1) is 0 Å². The number of amides is 1. The first-order chi connectivity index (χ1) is 15.2. The van der Waals surface area contributed by atoms with E-state index >= 15 is 0 Å². The van der Waals surface area contributed by atoms with Gasteiger partial charge in [0.15, 0.2) is 6.10 Å². The van der Waals surface area contributed by atoms with E-state index in [4.69, 9.17) is 27.9 Å². The van der Waals surface area contributed by atoms with Crippen LogP contribution in [0.25, 0.3) is 0 Å². The number of carbonyl (C=O) groups is 1. The molecule has 0 radical (unpaired) electrons. The maximum Gasteiger partial charge on any atom is 0.265 e. The van der Waals surface area contributed by atoms with Gasteiger partial charge in [-0.05, 0) is 67.4 Å². The fourth-order valence-electron chi connectivity index (χ4n) is 2.94. The van der Waals surface area contributed by atoms with Gasteiger partial charge in [0.2, 0.25) is 0 Å². The molecule has 0 aromatic heterocycles. The van der Waals surface area contributed by atoms with Crippen LogP contribution in [0.2, 0.25) is 10.0 Å². The zero-order valence-corrected chi connectivity index (χ0v) is 19.8. The molecule has 3 aromatic rings. The van der Waals surface area contributed by atoms with Crippen molar-refractivity contribution in [2.24, 2.45) is 0 Å². The second-order valence-corrected chi connectivity index (χ2v) is 9.55. The summed E-state index contributed by atoms with van der Waals surface area (Å²) < 4.78 is 33.5. The first-order valence-corrected chi connectivity index (χ1v) is 12.1. The van der Waals surface area contributed by atoms with Crippen molar-refractivity contribution in [1.29, 1.82) is 0 Å². The zero-order valence-electron chi connectivity index (χ0n) is 17.4. The third kappa shape index (κ3) is 6.16. The molecule has 0 fully saturated rings. The average Bonchev–Trinajstić information content (AvgIpc) is 2.73. The molecule has 1 atom stereocenters. The number of carbonyl (C=O) groups excluding carboxylic acids is 1. The Labute approximate surface area is 197 Å². The Kier molecular flexibility index (Phi) is 7.66. The molecule has 0 aliphatic rings. The molecule has 3 aromatic carbocycles. The average molecular weight is 493 g/mol. The highest BCUT2D eigenvalue weighted by atomic mass is 35.5. The van der Waals surface area contributed by atoms with Gasteiger partial charge in [0, 0.05) is 15.7 Å². The fourth-order valence-corrected chi connectivity index (χ4v) is 4.51. The molecule has 2 N–H and O–H groups in total. The summed E-state index contributed by atoms with van der Waals surface area (Å²) in [5, 5.41) is 3.35. The fraction of sp³-hybridized carbons (Fsp3) is 0.174. The van der Waals surface area contributed by atoms with Crippen LogP contribution in [0.5, 0.6) is 5.75 Å². The summed E-state index contributed by atoms with van der Waals surface area (Å²) in [7, 11) is -3.86. The molecule has 0 aliphatic heterocycles. The number of aryl methyl sites for hydroxylation is 1. The number of sulfonamides is 1. The highest BCUT2D eigenvalue weighted by molar-refractivity contribution is 7.92. The lowest BCUT2D eigenvalue weighted by molar-refractivity contribution is -0.122. The minimum absolute atomic E-state index is 0.0211. The molecular formula is C23H22Cl2N2O4S. The Morgan fingerprint density at radius 1 is 0.969 bits per heavy atom. The molecule has 32 heavy (non-hydrogen) atoms. The number of anilines is 2. The molecule has 168 valence electrons. The number of benzene rings is 3. The van der Waals surface area contributed by atoms with E-state index in [2.05, 4.69) is 10.0 Å². The van der Waals surface area contributed by atoms with Crippen LogP contribution < -0.4 is 14.8 Å². The van der Waals surface area contributed by atoms with Crippen LogP contribution in [0.15, 0.2) is 71.6 Å².